The third-order valence-corrected chi connectivity index (χ3v) is 7.36. The van der Waals surface area contributed by atoms with Gasteiger partial charge >= 0.3 is 0 Å². The number of ether oxygens (including phenoxy) is 1. The summed E-state index contributed by atoms with van der Waals surface area (Å²) < 4.78 is 20.0. The highest BCUT2D eigenvalue weighted by Gasteiger charge is 2.56. The van der Waals surface area contributed by atoms with E-state index in [1.807, 2.05) is 40.3 Å². The van der Waals surface area contributed by atoms with Gasteiger partial charge in [0.15, 0.2) is 0 Å². The molecule has 3 heterocycles. The fourth-order valence-corrected chi connectivity index (χ4v) is 5.27. The lowest BCUT2D eigenvalue weighted by atomic mass is 10.1. The van der Waals surface area contributed by atoms with Crippen molar-refractivity contribution in [3.8, 4) is 0 Å². The van der Waals surface area contributed by atoms with Crippen LogP contribution in [0.5, 0.6) is 0 Å². The number of unbranched alkanes of at least 4 members (excludes halogenated alkanes) is 1. The van der Waals surface area contributed by atoms with Gasteiger partial charge in [0.05, 0.1) is 18.9 Å². The second kappa shape index (κ2) is 9.67. The van der Waals surface area contributed by atoms with Crippen LogP contribution in [0.4, 0.5) is 15.8 Å². The van der Waals surface area contributed by atoms with Crippen LogP contribution in [0.2, 0.25) is 0 Å². The number of piperidine rings is 1. The normalized spacial score (nSPS) is 24.0. The fourth-order valence-electron chi connectivity index (χ4n) is 5.27. The van der Waals surface area contributed by atoms with Gasteiger partial charge in [0.1, 0.15) is 11.5 Å². The van der Waals surface area contributed by atoms with Crippen molar-refractivity contribution in [3.63, 3.8) is 0 Å². The van der Waals surface area contributed by atoms with Gasteiger partial charge in [0.25, 0.3) is 5.91 Å². The zero-order valence-corrected chi connectivity index (χ0v) is 19.3. The monoisotopic (exact) mass is 452 g/mol. The van der Waals surface area contributed by atoms with Crippen molar-refractivity contribution < 1.29 is 13.9 Å². The van der Waals surface area contributed by atoms with E-state index in [9.17, 15) is 9.18 Å². The second-order valence-corrected chi connectivity index (χ2v) is 9.50. The number of halogens is 1. The molecule has 7 heteroatoms. The number of nitrogens with zero attached hydrogens (tertiary/aromatic N) is 3. The Hall–Kier alpha value is -2.67. The van der Waals surface area contributed by atoms with Gasteiger partial charge in [-0.05, 0) is 60.4 Å². The highest BCUT2D eigenvalue weighted by molar-refractivity contribution is 5.92. The van der Waals surface area contributed by atoms with E-state index in [0.29, 0.717) is 42.3 Å². The smallest absolute Gasteiger partial charge is 0.272 e. The molecule has 2 aromatic rings. The zero-order chi connectivity index (χ0) is 22.8. The topological polar surface area (TPSA) is 57.7 Å². The summed E-state index contributed by atoms with van der Waals surface area (Å²) in [6, 6.07) is 9.30. The van der Waals surface area contributed by atoms with E-state index in [2.05, 4.69) is 17.2 Å². The number of pyridine rings is 1. The van der Waals surface area contributed by atoms with Gasteiger partial charge in [0, 0.05) is 44.6 Å². The molecular weight excluding hydrogens is 419 g/mol. The summed E-state index contributed by atoms with van der Waals surface area (Å²) in [5, 5.41) is 3.41. The number of aryl methyl sites for hydroxylation is 1. The fraction of sp³-hybridized carbons (Fsp3) is 0.538. The van der Waals surface area contributed by atoms with Crippen LogP contribution in [0.25, 0.3) is 0 Å². The lowest BCUT2D eigenvalue weighted by Gasteiger charge is -2.29. The van der Waals surface area contributed by atoms with Gasteiger partial charge in [-0.3, -0.25) is 9.78 Å². The molecule has 3 fully saturated rings. The van der Waals surface area contributed by atoms with Crippen molar-refractivity contribution in [1.82, 2.24) is 9.88 Å². The lowest BCUT2D eigenvalue weighted by Crippen LogP contribution is -2.36. The van der Waals surface area contributed by atoms with Crippen molar-refractivity contribution in [2.75, 3.05) is 56.2 Å². The molecule has 1 saturated carbocycles. The Morgan fingerprint density at radius 3 is 2.64 bits per heavy atom. The third-order valence-electron chi connectivity index (χ3n) is 7.36. The number of amides is 1. The van der Waals surface area contributed by atoms with E-state index in [4.69, 9.17) is 4.74 Å². The summed E-state index contributed by atoms with van der Waals surface area (Å²) in [6.45, 7) is 7.31. The third kappa shape index (κ3) is 4.83. The van der Waals surface area contributed by atoms with E-state index in [0.717, 1.165) is 57.7 Å². The number of hydrogen-bond donors (Lipinski definition) is 1. The van der Waals surface area contributed by atoms with E-state index in [-0.39, 0.29) is 11.7 Å². The molecule has 0 spiro atoms. The molecule has 33 heavy (non-hydrogen) atoms. The molecule has 2 aliphatic heterocycles. The van der Waals surface area contributed by atoms with Gasteiger partial charge in [-0.15, -0.1) is 0 Å². The van der Waals surface area contributed by atoms with Crippen LogP contribution in [0.15, 0.2) is 36.5 Å². The summed E-state index contributed by atoms with van der Waals surface area (Å²) in [7, 11) is 0. The highest BCUT2D eigenvalue weighted by Crippen LogP contribution is 2.51. The molecule has 1 amide bonds. The van der Waals surface area contributed by atoms with Crippen molar-refractivity contribution in [2.24, 2.45) is 17.8 Å². The molecule has 2 saturated heterocycles. The number of anilines is 2. The largest absolute Gasteiger partial charge is 0.385 e. The molecule has 0 bridgehead atoms. The molecule has 1 aliphatic carbocycles. The van der Waals surface area contributed by atoms with Crippen LogP contribution >= 0.6 is 0 Å². The molecule has 1 N–H and O–H groups in total. The number of fused-ring (bicyclic) bond motifs is 1. The van der Waals surface area contributed by atoms with E-state index in [1.165, 1.54) is 5.56 Å². The first-order chi connectivity index (χ1) is 16.1. The van der Waals surface area contributed by atoms with Gasteiger partial charge in [0.2, 0.25) is 0 Å². The van der Waals surface area contributed by atoms with Crippen molar-refractivity contribution in [2.45, 2.75) is 26.2 Å². The first-order valence-corrected chi connectivity index (χ1v) is 12.2. The number of likely N-dealkylation sites (tertiary alicyclic amines) is 1. The van der Waals surface area contributed by atoms with Crippen LogP contribution in [-0.4, -0.2) is 61.7 Å². The van der Waals surface area contributed by atoms with Crippen LogP contribution < -0.4 is 10.2 Å². The minimum absolute atomic E-state index is 0.0386. The van der Waals surface area contributed by atoms with Crippen LogP contribution in [0.3, 0.4) is 0 Å². The number of morpholine rings is 1. The Morgan fingerprint density at radius 1 is 1.18 bits per heavy atom. The van der Waals surface area contributed by atoms with Gasteiger partial charge < -0.3 is 19.9 Å². The first-order valence-electron chi connectivity index (χ1n) is 12.2. The van der Waals surface area contributed by atoms with Crippen LogP contribution in [-0.2, 0) is 11.2 Å². The van der Waals surface area contributed by atoms with Gasteiger partial charge in [-0.2, -0.15) is 0 Å². The molecule has 1 aromatic carbocycles. The van der Waals surface area contributed by atoms with Crippen LogP contribution in [0.1, 0.15) is 35.8 Å². The summed E-state index contributed by atoms with van der Waals surface area (Å²) in [5.41, 5.74) is 3.20. The Morgan fingerprint density at radius 2 is 1.97 bits per heavy atom. The maximum Gasteiger partial charge on any atom is 0.272 e. The molecule has 3 aliphatic rings. The van der Waals surface area contributed by atoms with Gasteiger partial charge in [-0.1, -0.05) is 19.4 Å². The Labute approximate surface area is 195 Å². The molecule has 5 rings (SSSR count). The zero-order valence-electron chi connectivity index (χ0n) is 19.3. The average Bonchev–Trinajstić information content (AvgIpc) is 3.30. The maximum atomic E-state index is 14.6. The van der Waals surface area contributed by atoms with Crippen molar-refractivity contribution in [1.29, 1.82) is 0 Å². The van der Waals surface area contributed by atoms with E-state index < -0.39 is 0 Å². The van der Waals surface area contributed by atoms with Crippen molar-refractivity contribution in [3.05, 3.63) is 53.6 Å². The molecule has 2 atom stereocenters. The number of nitrogens with one attached hydrogen (secondary N) is 1. The number of carbonyl (C=O) groups excluding carboxylic acids is 1. The number of hydrogen-bond acceptors (Lipinski definition) is 5. The predicted molar refractivity (Wildman–Crippen MR) is 127 cm³/mol. The molecule has 176 valence electrons. The quantitative estimate of drug-likeness (QED) is 0.660. The Balaban J connectivity index is 1.09. The van der Waals surface area contributed by atoms with E-state index >= 15 is 0 Å². The summed E-state index contributed by atoms with van der Waals surface area (Å²) in [6.07, 6.45) is 5.16. The molecule has 6 nitrogen and oxygen atoms in total. The summed E-state index contributed by atoms with van der Waals surface area (Å²) in [4.78, 5) is 21.2. The number of benzene rings is 1. The predicted octanol–water partition coefficient (Wildman–Crippen LogP) is 3.83. The Bertz CT molecular complexity index is 965. The standard InChI is InChI=1S/C26H33FN4O2/c1-2-3-4-18-5-7-24(29-14-18)26(32)31-16-21-20(22(21)17-31)15-28-19-6-8-25(23(27)13-19)30-9-11-33-12-10-30/h5-8,13-14,20-22,28H,2-4,9-12,15-17H2,1H3. The highest BCUT2D eigenvalue weighted by atomic mass is 19.1. The number of aromatic nitrogens is 1. The van der Waals surface area contributed by atoms with E-state index in [1.54, 1.807) is 6.07 Å². The van der Waals surface area contributed by atoms with Gasteiger partial charge in [-0.25, -0.2) is 4.39 Å². The lowest BCUT2D eigenvalue weighted by molar-refractivity contribution is 0.0763. The SMILES string of the molecule is CCCCc1ccc(C(=O)N2CC3C(CNc4ccc(N5CCOCC5)c(F)c4)C3C2)nc1. The Kier molecular flexibility index (Phi) is 6.49. The molecule has 2 unspecified atom stereocenters. The average molecular weight is 453 g/mol. The maximum absolute atomic E-state index is 14.6. The molecule has 0 radical (unpaired) electrons. The number of carbonyl (C=O) groups is 1. The first kappa shape index (κ1) is 22.1. The summed E-state index contributed by atoms with van der Waals surface area (Å²) >= 11 is 0. The summed E-state index contributed by atoms with van der Waals surface area (Å²) in [5.74, 6) is 1.45. The van der Waals surface area contributed by atoms with Crippen molar-refractivity contribution >= 4 is 17.3 Å². The molecule has 1 aromatic heterocycles. The van der Waals surface area contributed by atoms with Crippen LogP contribution in [0, 0.1) is 23.6 Å². The number of rotatable bonds is 8. The second-order valence-electron chi connectivity index (χ2n) is 9.50. The molecular formula is C26H33FN4O2. The minimum Gasteiger partial charge on any atom is -0.385 e. The minimum atomic E-state index is -0.192.